The first kappa shape index (κ1) is 15.8. The Hall–Kier alpha value is -0.240. The highest BCUT2D eigenvalue weighted by atomic mass is 16.6. The van der Waals surface area contributed by atoms with Crippen molar-refractivity contribution < 1.29 is 19.7 Å². The van der Waals surface area contributed by atoms with E-state index in [1.54, 1.807) is 0 Å². The van der Waals surface area contributed by atoms with Crippen LogP contribution >= 0.6 is 0 Å². The highest BCUT2D eigenvalue weighted by molar-refractivity contribution is 4.75. The van der Waals surface area contributed by atoms with E-state index in [1.165, 1.54) is 0 Å². The Kier molecular flexibility index (Phi) is 6.48. The number of ether oxygens (including phenoxy) is 2. The number of rotatable bonds is 6. The van der Waals surface area contributed by atoms with Gasteiger partial charge in [-0.15, -0.1) is 0 Å². The summed E-state index contributed by atoms with van der Waals surface area (Å²) in [6, 6.07) is 0. The lowest BCUT2D eigenvalue weighted by Crippen LogP contribution is -2.52. The molecule has 108 valence electrons. The van der Waals surface area contributed by atoms with Crippen LogP contribution in [0.2, 0.25) is 0 Å². The normalized spacial score (nSPS) is 27.2. The molecule has 0 aliphatic carbocycles. The van der Waals surface area contributed by atoms with Gasteiger partial charge in [0.1, 0.15) is 12.3 Å². The van der Waals surface area contributed by atoms with Crippen molar-refractivity contribution in [2.24, 2.45) is 0 Å². The Bertz CT molecular complexity index is 233. The van der Waals surface area contributed by atoms with E-state index in [2.05, 4.69) is 10.6 Å². The lowest BCUT2D eigenvalue weighted by Gasteiger charge is -2.32. The molecule has 1 aliphatic heterocycles. The van der Waals surface area contributed by atoms with Crippen LogP contribution in [0.15, 0.2) is 0 Å². The molecule has 0 radical (unpaired) electrons. The summed E-state index contributed by atoms with van der Waals surface area (Å²) in [5.41, 5.74) is -0.0270. The number of morpholine rings is 1. The van der Waals surface area contributed by atoms with Crippen molar-refractivity contribution in [3.8, 4) is 0 Å². The fourth-order valence-corrected chi connectivity index (χ4v) is 1.64. The Labute approximate surface area is 109 Å². The van der Waals surface area contributed by atoms with Crippen LogP contribution in [0.25, 0.3) is 0 Å². The van der Waals surface area contributed by atoms with Gasteiger partial charge in [-0.1, -0.05) is 0 Å². The molecule has 6 nitrogen and oxygen atoms in total. The third kappa shape index (κ3) is 6.08. The van der Waals surface area contributed by atoms with E-state index in [4.69, 9.17) is 14.6 Å². The van der Waals surface area contributed by atoms with Crippen LogP contribution in [0, 0.1) is 0 Å². The number of β-amino-alcohol motifs (C(OH)–C–C–N with tert-alkyl or cyclic N) is 1. The van der Waals surface area contributed by atoms with Crippen molar-refractivity contribution in [2.75, 3.05) is 32.9 Å². The summed E-state index contributed by atoms with van der Waals surface area (Å²) in [7, 11) is 0. The van der Waals surface area contributed by atoms with E-state index in [0.29, 0.717) is 19.7 Å². The second kappa shape index (κ2) is 7.37. The molecule has 2 unspecified atom stereocenters. The van der Waals surface area contributed by atoms with Gasteiger partial charge in [-0.3, -0.25) is 5.32 Å². The maximum Gasteiger partial charge on any atom is 0.137 e. The van der Waals surface area contributed by atoms with Gasteiger partial charge in [-0.05, 0) is 20.8 Å². The molecular weight excluding hydrogens is 236 g/mol. The molecule has 3 atom stereocenters. The first-order valence-corrected chi connectivity index (χ1v) is 6.43. The van der Waals surface area contributed by atoms with E-state index >= 15 is 0 Å². The van der Waals surface area contributed by atoms with Gasteiger partial charge in [0.05, 0.1) is 25.9 Å². The van der Waals surface area contributed by atoms with Crippen molar-refractivity contribution in [1.29, 1.82) is 0 Å². The molecule has 0 amide bonds. The fourth-order valence-electron chi connectivity index (χ4n) is 1.64. The van der Waals surface area contributed by atoms with Crippen LogP contribution in [-0.2, 0) is 9.47 Å². The van der Waals surface area contributed by atoms with Crippen molar-refractivity contribution >= 4 is 0 Å². The lowest BCUT2D eigenvalue weighted by atomic mass is 10.1. The summed E-state index contributed by atoms with van der Waals surface area (Å²) in [6.07, 6.45) is -1.29. The second-order valence-corrected chi connectivity index (χ2v) is 5.58. The SMILES string of the molecule is CC(C)(C)NCC(O)CO[C@@H]1NCCOC1CO. The minimum atomic E-state index is -0.577. The van der Waals surface area contributed by atoms with Crippen LogP contribution in [0.5, 0.6) is 0 Å². The largest absolute Gasteiger partial charge is 0.394 e. The molecule has 4 N–H and O–H groups in total. The summed E-state index contributed by atoms with van der Waals surface area (Å²) in [6.45, 7) is 7.98. The van der Waals surface area contributed by atoms with Gasteiger partial charge in [0, 0.05) is 18.6 Å². The molecule has 1 heterocycles. The molecule has 1 rings (SSSR count). The van der Waals surface area contributed by atoms with Crippen LogP contribution in [0.4, 0.5) is 0 Å². The van der Waals surface area contributed by atoms with Crippen LogP contribution in [0.1, 0.15) is 20.8 Å². The first-order chi connectivity index (χ1) is 8.42. The van der Waals surface area contributed by atoms with Crippen LogP contribution in [-0.4, -0.2) is 67.1 Å². The molecule has 6 heteroatoms. The molecule has 0 spiro atoms. The third-order valence-electron chi connectivity index (χ3n) is 2.63. The summed E-state index contributed by atoms with van der Waals surface area (Å²) in [5.74, 6) is 0. The van der Waals surface area contributed by atoms with E-state index in [9.17, 15) is 5.11 Å². The summed E-state index contributed by atoms with van der Waals surface area (Å²) < 4.78 is 10.9. The van der Waals surface area contributed by atoms with Gasteiger partial charge in [0.15, 0.2) is 0 Å². The van der Waals surface area contributed by atoms with Gasteiger partial charge in [-0.2, -0.15) is 0 Å². The van der Waals surface area contributed by atoms with Crippen molar-refractivity contribution in [2.45, 2.75) is 44.7 Å². The zero-order valence-corrected chi connectivity index (χ0v) is 11.5. The van der Waals surface area contributed by atoms with Crippen LogP contribution < -0.4 is 10.6 Å². The Balaban J connectivity index is 2.22. The average molecular weight is 262 g/mol. The van der Waals surface area contributed by atoms with Crippen LogP contribution in [0.3, 0.4) is 0 Å². The van der Waals surface area contributed by atoms with E-state index < -0.39 is 6.10 Å². The molecule has 1 aliphatic rings. The molecule has 18 heavy (non-hydrogen) atoms. The highest BCUT2D eigenvalue weighted by Crippen LogP contribution is 2.06. The maximum atomic E-state index is 9.78. The fraction of sp³-hybridized carbons (Fsp3) is 1.00. The third-order valence-corrected chi connectivity index (χ3v) is 2.63. The smallest absolute Gasteiger partial charge is 0.137 e. The summed E-state index contributed by atoms with van der Waals surface area (Å²) >= 11 is 0. The van der Waals surface area contributed by atoms with E-state index in [0.717, 1.165) is 0 Å². The molecule has 0 aromatic rings. The van der Waals surface area contributed by atoms with Crippen molar-refractivity contribution in [3.05, 3.63) is 0 Å². The minimum Gasteiger partial charge on any atom is -0.394 e. The van der Waals surface area contributed by atoms with E-state index in [-0.39, 0.29) is 31.1 Å². The molecular formula is C12H26N2O4. The molecule has 0 aromatic carbocycles. The van der Waals surface area contributed by atoms with Gasteiger partial charge in [0.2, 0.25) is 0 Å². The predicted octanol–water partition coefficient (Wildman–Crippen LogP) is -0.941. The Morgan fingerprint density at radius 2 is 2.22 bits per heavy atom. The van der Waals surface area contributed by atoms with Gasteiger partial charge < -0.3 is 25.0 Å². The second-order valence-electron chi connectivity index (χ2n) is 5.58. The van der Waals surface area contributed by atoms with Gasteiger partial charge in [-0.25, -0.2) is 0 Å². The molecule has 1 fully saturated rings. The predicted molar refractivity (Wildman–Crippen MR) is 68.3 cm³/mol. The number of aliphatic hydroxyl groups excluding tert-OH is 2. The number of aliphatic hydroxyl groups is 2. The molecule has 0 aromatic heterocycles. The molecule has 0 saturated carbocycles. The highest BCUT2D eigenvalue weighted by Gasteiger charge is 2.26. The molecule has 0 bridgehead atoms. The topological polar surface area (TPSA) is 83.0 Å². The first-order valence-electron chi connectivity index (χ1n) is 6.43. The monoisotopic (exact) mass is 262 g/mol. The Morgan fingerprint density at radius 3 is 2.83 bits per heavy atom. The standard InChI is InChI=1S/C12H26N2O4/c1-12(2,3)14-6-9(16)8-18-11-10(7-15)17-5-4-13-11/h9-11,13-16H,4-8H2,1-3H3/t9?,10?,11-/m0/s1. The molecule has 1 saturated heterocycles. The lowest BCUT2D eigenvalue weighted by molar-refractivity contribution is -0.141. The Morgan fingerprint density at radius 1 is 1.50 bits per heavy atom. The van der Waals surface area contributed by atoms with Crippen molar-refractivity contribution in [3.63, 3.8) is 0 Å². The quantitative estimate of drug-likeness (QED) is 0.494. The zero-order chi connectivity index (χ0) is 13.6. The number of hydrogen-bond donors (Lipinski definition) is 4. The number of nitrogens with one attached hydrogen (secondary N) is 2. The van der Waals surface area contributed by atoms with Crippen molar-refractivity contribution in [1.82, 2.24) is 10.6 Å². The van der Waals surface area contributed by atoms with Gasteiger partial charge in [0.25, 0.3) is 0 Å². The summed E-state index contributed by atoms with van der Waals surface area (Å²) in [5, 5.41) is 25.2. The average Bonchev–Trinajstić information content (AvgIpc) is 2.33. The van der Waals surface area contributed by atoms with E-state index in [1.807, 2.05) is 20.8 Å². The number of hydrogen-bond acceptors (Lipinski definition) is 6. The summed E-state index contributed by atoms with van der Waals surface area (Å²) in [4.78, 5) is 0. The zero-order valence-electron chi connectivity index (χ0n) is 11.5. The maximum absolute atomic E-state index is 9.78. The minimum absolute atomic E-state index is 0.0270. The van der Waals surface area contributed by atoms with Gasteiger partial charge >= 0.3 is 0 Å².